The van der Waals surface area contributed by atoms with Gasteiger partial charge in [0.1, 0.15) is 0 Å². The molecule has 1 aromatic carbocycles. The topological polar surface area (TPSA) is 18.5 Å². The van der Waals surface area contributed by atoms with Crippen molar-refractivity contribution in [3.05, 3.63) is 35.9 Å². The Morgan fingerprint density at radius 2 is 1.88 bits per heavy atom. The quantitative estimate of drug-likeness (QED) is 0.823. The molecular formula is C22H31N3S. The van der Waals surface area contributed by atoms with Crippen LogP contribution in [0.1, 0.15) is 44.1 Å². The molecule has 4 aliphatic heterocycles. The second kappa shape index (κ2) is 7.21. The maximum atomic E-state index is 5.93. The largest absolute Gasteiger partial charge is 0.362 e. The summed E-state index contributed by atoms with van der Waals surface area (Å²) in [6.07, 6.45) is 7.92. The number of fused-ring (bicyclic) bond motifs is 2. The SMILES string of the molecule is S=C1C[C@@H](NCc2ccccc2)C[C@@H]2[C@H]3CCCN4CCC[C@@H](CN12)[C@@H]34. The summed E-state index contributed by atoms with van der Waals surface area (Å²) in [5.74, 6) is 1.69. The lowest BCUT2D eigenvalue weighted by atomic mass is 9.67. The van der Waals surface area contributed by atoms with Gasteiger partial charge < -0.3 is 10.2 Å². The molecule has 5 rings (SSSR count). The van der Waals surface area contributed by atoms with Gasteiger partial charge in [-0.3, -0.25) is 4.90 Å². The van der Waals surface area contributed by atoms with Crippen LogP contribution in [0.25, 0.3) is 0 Å². The average Bonchev–Trinajstić information content (AvgIpc) is 2.68. The molecule has 1 aromatic rings. The van der Waals surface area contributed by atoms with Crippen molar-refractivity contribution in [2.75, 3.05) is 19.6 Å². The Hall–Kier alpha value is -0.970. The van der Waals surface area contributed by atoms with Gasteiger partial charge in [-0.15, -0.1) is 0 Å². The van der Waals surface area contributed by atoms with Crippen molar-refractivity contribution in [3.63, 3.8) is 0 Å². The fourth-order valence-electron chi connectivity index (χ4n) is 6.30. The number of nitrogens with one attached hydrogen (secondary N) is 1. The zero-order chi connectivity index (χ0) is 17.5. The first kappa shape index (κ1) is 17.2. The first-order valence-electron chi connectivity index (χ1n) is 10.6. The van der Waals surface area contributed by atoms with E-state index in [4.69, 9.17) is 12.2 Å². The van der Waals surface area contributed by atoms with Crippen LogP contribution in [0.3, 0.4) is 0 Å². The first-order chi connectivity index (χ1) is 12.8. The van der Waals surface area contributed by atoms with Gasteiger partial charge in [0.05, 0.1) is 4.99 Å². The predicted octanol–water partition coefficient (Wildman–Crippen LogP) is 3.44. The predicted molar refractivity (Wildman–Crippen MR) is 110 cm³/mol. The molecule has 0 unspecified atom stereocenters. The molecule has 0 radical (unpaired) electrons. The molecule has 0 saturated carbocycles. The molecule has 1 N–H and O–H groups in total. The molecule has 0 amide bonds. The van der Waals surface area contributed by atoms with E-state index in [0.29, 0.717) is 12.1 Å². The molecule has 0 bridgehead atoms. The van der Waals surface area contributed by atoms with E-state index < -0.39 is 0 Å². The minimum atomic E-state index is 0.541. The highest BCUT2D eigenvalue weighted by Gasteiger charge is 2.50. The summed E-state index contributed by atoms with van der Waals surface area (Å²) in [4.78, 5) is 6.73. The van der Waals surface area contributed by atoms with Gasteiger partial charge in [-0.2, -0.15) is 0 Å². The van der Waals surface area contributed by atoms with Crippen molar-refractivity contribution in [2.45, 2.75) is 63.2 Å². The summed E-state index contributed by atoms with van der Waals surface area (Å²) in [7, 11) is 0. The van der Waals surface area contributed by atoms with Crippen LogP contribution in [-0.4, -0.2) is 52.5 Å². The fourth-order valence-corrected chi connectivity index (χ4v) is 6.71. The normalized spacial score (nSPS) is 37.2. The van der Waals surface area contributed by atoms with Crippen molar-refractivity contribution >= 4 is 17.2 Å². The molecule has 0 aromatic heterocycles. The Balaban J connectivity index is 1.31. The molecule has 0 spiro atoms. The molecule has 0 aliphatic carbocycles. The number of rotatable bonds is 3. The molecule has 4 heterocycles. The number of benzene rings is 1. The number of piperidine rings is 4. The Kier molecular flexibility index (Phi) is 4.76. The van der Waals surface area contributed by atoms with E-state index in [-0.39, 0.29) is 0 Å². The molecular weight excluding hydrogens is 338 g/mol. The van der Waals surface area contributed by atoms with Crippen molar-refractivity contribution in [2.24, 2.45) is 11.8 Å². The third-order valence-corrected chi connectivity index (χ3v) is 7.78. The first-order valence-corrected chi connectivity index (χ1v) is 11.0. The smallest absolute Gasteiger partial charge is 0.0797 e. The highest BCUT2D eigenvalue weighted by Crippen LogP contribution is 2.45. The lowest BCUT2D eigenvalue weighted by molar-refractivity contribution is -0.0620. The van der Waals surface area contributed by atoms with Gasteiger partial charge in [0.15, 0.2) is 0 Å². The van der Waals surface area contributed by atoms with Crippen molar-refractivity contribution in [1.82, 2.24) is 15.1 Å². The molecule has 5 atom stereocenters. The number of thiocarbonyl (C=S) groups is 1. The number of hydrogen-bond donors (Lipinski definition) is 1. The highest BCUT2D eigenvalue weighted by molar-refractivity contribution is 7.80. The zero-order valence-electron chi connectivity index (χ0n) is 15.6. The van der Waals surface area contributed by atoms with Crippen molar-refractivity contribution in [1.29, 1.82) is 0 Å². The van der Waals surface area contributed by atoms with Crippen LogP contribution in [0.5, 0.6) is 0 Å². The number of nitrogens with zero attached hydrogens (tertiary/aromatic N) is 2. The third kappa shape index (κ3) is 3.10. The second-order valence-electron chi connectivity index (χ2n) is 8.85. The average molecular weight is 370 g/mol. The van der Waals surface area contributed by atoms with E-state index in [0.717, 1.165) is 30.8 Å². The van der Waals surface area contributed by atoms with E-state index in [1.165, 1.54) is 62.3 Å². The summed E-state index contributed by atoms with van der Waals surface area (Å²) in [5.41, 5.74) is 1.38. The van der Waals surface area contributed by atoms with Crippen LogP contribution in [0.2, 0.25) is 0 Å². The Labute approximate surface area is 163 Å². The number of hydrogen-bond acceptors (Lipinski definition) is 3. The van der Waals surface area contributed by atoms with Gasteiger partial charge in [0, 0.05) is 37.6 Å². The second-order valence-corrected chi connectivity index (χ2v) is 9.32. The summed E-state index contributed by atoms with van der Waals surface area (Å²) in [6.45, 7) is 4.87. The van der Waals surface area contributed by atoms with E-state index in [9.17, 15) is 0 Å². The minimum absolute atomic E-state index is 0.541. The standard InChI is InChI=1S/C22H31N3S/c26-21-13-18(23-14-16-6-2-1-3-7-16)12-20-19-9-5-11-24-10-4-8-17(22(19)24)15-25(20)21/h1-3,6-7,17-20,22-23H,4-5,8-15H2/t17-,18-,19+,20+,22-/m0/s1. The molecule has 4 fully saturated rings. The summed E-state index contributed by atoms with van der Waals surface area (Å²) >= 11 is 5.93. The van der Waals surface area contributed by atoms with Crippen LogP contribution in [0.4, 0.5) is 0 Å². The van der Waals surface area contributed by atoms with Crippen LogP contribution in [0, 0.1) is 11.8 Å². The zero-order valence-corrected chi connectivity index (χ0v) is 16.5. The third-order valence-electron chi connectivity index (χ3n) is 7.38. The molecule has 4 aliphatic rings. The van der Waals surface area contributed by atoms with Gasteiger partial charge in [0.2, 0.25) is 0 Å². The summed E-state index contributed by atoms with van der Waals surface area (Å²) < 4.78 is 0. The van der Waals surface area contributed by atoms with Gasteiger partial charge >= 0.3 is 0 Å². The fraction of sp³-hybridized carbons (Fsp3) is 0.682. The van der Waals surface area contributed by atoms with Crippen LogP contribution in [-0.2, 0) is 6.54 Å². The molecule has 140 valence electrons. The van der Waals surface area contributed by atoms with E-state index in [2.05, 4.69) is 45.4 Å². The van der Waals surface area contributed by atoms with Crippen LogP contribution < -0.4 is 5.32 Å². The molecule has 4 saturated heterocycles. The monoisotopic (exact) mass is 369 g/mol. The van der Waals surface area contributed by atoms with Gasteiger partial charge in [-0.25, -0.2) is 0 Å². The van der Waals surface area contributed by atoms with Crippen LogP contribution in [0.15, 0.2) is 30.3 Å². The van der Waals surface area contributed by atoms with Gasteiger partial charge in [-0.05, 0) is 62.6 Å². The van der Waals surface area contributed by atoms with E-state index in [1.807, 2.05) is 0 Å². The summed E-state index contributed by atoms with van der Waals surface area (Å²) in [5, 5.41) is 3.82. The van der Waals surface area contributed by atoms with Gasteiger partial charge in [-0.1, -0.05) is 42.5 Å². The maximum absolute atomic E-state index is 5.93. The lowest BCUT2D eigenvalue weighted by Crippen LogP contribution is -2.67. The van der Waals surface area contributed by atoms with E-state index in [1.54, 1.807) is 0 Å². The highest BCUT2D eigenvalue weighted by atomic mass is 32.1. The van der Waals surface area contributed by atoms with Gasteiger partial charge in [0.25, 0.3) is 0 Å². The Morgan fingerprint density at radius 1 is 1.08 bits per heavy atom. The minimum Gasteiger partial charge on any atom is -0.362 e. The van der Waals surface area contributed by atoms with E-state index >= 15 is 0 Å². The molecule has 26 heavy (non-hydrogen) atoms. The van der Waals surface area contributed by atoms with Crippen molar-refractivity contribution < 1.29 is 0 Å². The maximum Gasteiger partial charge on any atom is 0.0797 e. The Morgan fingerprint density at radius 3 is 2.73 bits per heavy atom. The summed E-state index contributed by atoms with van der Waals surface area (Å²) in [6, 6.07) is 12.8. The molecule has 4 heteroatoms. The van der Waals surface area contributed by atoms with Crippen molar-refractivity contribution in [3.8, 4) is 0 Å². The lowest BCUT2D eigenvalue weighted by Gasteiger charge is -2.60. The Bertz CT molecular complexity index is 646. The van der Waals surface area contributed by atoms with Crippen LogP contribution >= 0.6 is 12.2 Å². The molecule has 3 nitrogen and oxygen atoms in total.